The Balaban J connectivity index is 2.22. The summed E-state index contributed by atoms with van der Waals surface area (Å²) in [6.07, 6.45) is 2.36. The second kappa shape index (κ2) is 11.6. The summed E-state index contributed by atoms with van der Waals surface area (Å²) in [5.41, 5.74) is 0.780. The highest BCUT2D eigenvalue weighted by molar-refractivity contribution is 7.89. The number of nitrogens with zero attached hydrogens (tertiary/aromatic N) is 3. The fourth-order valence-electron chi connectivity index (χ4n) is 3.89. The van der Waals surface area contributed by atoms with Crippen LogP contribution in [-0.4, -0.2) is 72.3 Å². The van der Waals surface area contributed by atoms with Gasteiger partial charge in [0, 0.05) is 39.1 Å². The molecule has 0 N–H and O–H groups in total. The van der Waals surface area contributed by atoms with E-state index in [9.17, 15) is 22.4 Å². The number of amides is 2. The lowest BCUT2D eigenvalue weighted by atomic mass is 10.0. The van der Waals surface area contributed by atoms with Crippen LogP contribution in [0.2, 0.25) is 0 Å². The Hall–Kier alpha value is -2.00. The molecular weight excluding hydrogens is 421 g/mol. The molecule has 1 heterocycles. The molecule has 0 bridgehead atoms. The summed E-state index contributed by atoms with van der Waals surface area (Å²) in [6, 6.07) is 5.87. The minimum atomic E-state index is -3.51. The zero-order valence-corrected chi connectivity index (χ0v) is 19.5. The van der Waals surface area contributed by atoms with Gasteiger partial charge in [0.15, 0.2) is 0 Å². The van der Waals surface area contributed by atoms with Crippen LogP contribution in [0.3, 0.4) is 0 Å². The standard InChI is InChI=1S/C22H34FN3O4S/c1-4-12-25(31(29,30)15-5-2)17-22(28)26(16-19-6-8-20(23)9-7-19)21-10-13-24(14-11-21)18(3)27/h6-9,21H,4-5,10-17H2,1-3H3. The molecule has 1 aliphatic heterocycles. The predicted molar refractivity (Wildman–Crippen MR) is 118 cm³/mol. The molecule has 1 saturated heterocycles. The SMILES string of the molecule is CCCN(CC(=O)N(Cc1ccc(F)cc1)C1CCN(C(C)=O)CC1)S(=O)(=O)CCC. The molecular formula is C22H34FN3O4S. The van der Waals surface area contributed by atoms with Crippen molar-refractivity contribution in [3.63, 3.8) is 0 Å². The molecule has 2 rings (SSSR count). The van der Waals surface area contributed by atoms with Gasteiger partial charge in [0.2, 0.25) is 21.8 Å². The van der Waals surface area contributed by atoms with Crippen LogP contribution in [-0.2, 0) is 26.2 Å². The molecule has 1 aromatic carbocycles. The van der Waals surface area contributed by atoms with Crippen LogP contribution >= 0.6 is 0 Å². The average Bonchev–Trinajstić information content (AvgIpc) is 2.73. The van der Waals surface area contributed by atoms with E-state index in [4.69, 9.17) is 0 Å². The number of carbonyl (C=O) groups is 2. The zero-order valence-electron chi connectivity index (χ0n) is 18.7. The molecule has 0 atom stereocenters. The predicted octanol–water partition coefficient (Wildman–Crippen LogP) is 2.62. The van der Waals surface area contributed by atoms with Gasteiger partial charge in [-0.05, 0) is 43.4 Å². The lowest BCUT2D eigenvalue weighted by Crippen LogP contribution is -2.51. The highest BCUT2D eigenvalue weighted by atomic mass is 32.2. The van der Waals surface area contributed by atoms with E-state index >= 15 is 0 Å². The third-order valence-electron chi connectivity index (χ3n) is 5.58. The number of benzene rings is 1. The zero-order chi connectivity index (χ0) is 23.0. The first-order valence-corrected chi connectivity index (χ1v) is 12.6. The van der Waals surface area contributed by atoms with Crippen LogP contribution in [0.4, 0.5) is 4.39 Å². The highest BCUT2D eigenvalue weighted by Gasteiger charge is 2.31. The van der Waals surface area contributed by atoms with Crippen molar-refractivity contribution in [2.75, 3.05) is 31.9 Å². The van der Waals surface area contributed by atoms with Crippen molar-refractivity contribution in [3.05, 3.63) is 35.6 Å². The number of carbonyl (C=O) groups excluding carboxylic acids is 2. The van der Waals surface area contributed by atoms with Crippen LogP contribution in [0, 0.1) is 5.82 Å². The van der Waals surface area contributed by atoms with E-state index < -0.39 is 10.0 Å². The molecule has 7 nitrogen and oxygen atoms in total. The van der Waals surface area contributed by atoms with Gasteiger partial charge in [-0.1, -0.05) is 26.0 Å². The summed E-state index contributed by atoms with van der Waals surface area (Å²) in [5.74, 6) is -0.598. The van der Waals surface area contributed by atoms with Crippen molar-refractivity contribution < 1.29 is 22.4 Å². The first-order valence-electron chi connectivity index (χ1n) is 10.9. The molecule has 0 unspecified atom stereocenters. The van der Waals surface area contributed by atoms with Crippen molar-refractivity contribution in [3.8, 4) is 0 Å². The molecule has 0 aromatic heterocycles. The maximum Gasteiger partial charge on any atom is 0.238 e. The van der Waals surface area contributed by atoms with E-state index in [-0.39, 0.29) is 42.5 Å². The Morgan fingerprint density at radius 1 is 1.10 bits per heavy atom. The molecule has 1 aliphatic rings. The van der Waals surface area contributed by atoms with E-state index in [1.54, 1.807) is 28.9 Å². The smallest absolute Gasteiger partial charge is 0.238 e. The second-order valence-electron chi connectivity index (χ2n) is 8.03. The molecule has 0 saturated carbocycles. The van der Waals surface area contributed by atoms with E-state index in [2.05, 4.69) is 0 Å². The summed E-state index contributed by atoms with van der Waals surface area (Å²) in [6.45, 7) is 6.69. The van der Waals surface area contributed by atoms with Crippen LogP contribution in [0.15, 0.2) is 24.3 Å². The molecule has 31 heavy (non-hydrogen) atoms. The van der Waals surface area contributed by atoms with E-state index in [0.29, 0.717) is 45.3 Å². The van der Waals surface area contributed by atoms with Gasteiger partial charge in [0.05, 0.1) is 12.3 Å². The summed E-state index contributed by atoms with van der Waals surface area (Å²) >= 11 is 0. The average molecular weight is 456 g/mol. The topological polar surface area (TPSA) is 78.0 Å². The van der Waals surface area contributed by atoms with Gasteiger partial charge < -0.3 is 9.80 Å². The fourth-order valence-corrected chi connectivity index (χ4v) is 5.44. The molecule has 0 aliphatic carbocycles. The van der Waals surface area contributed by atoms with Gasteiger partial charge in [-0.25, -0.2) is 12.8 Å². The van der Waals surface area contributed by atoms with Crippen molar-refractivity contribution >= 4 is 21.8 Å². The Kier molecular flexibility index (Phi) is 9.43. The normalized spacial score (nSPS) is 15.3. The van der Waals surface area contributed by atoms with Gasteiger partial charge in [-0.3, -0.25) is 9.59 Å². The van der Waals surface area contributed by atoms with Gasteiger partial charge in [0.1, 0.15) is 5.82 Å². The minimum Gasteiger partial charge on any atom is -0.343 e. The summed E-state index contributed by atoms with van der Waals surface area (Å²) in [7, 11) is -3.51. The molecule has 1 aromatic rings. The van der Waals surface area contributed by atoms with Crippen LogP contribution in [0.1, 0.15) is 52.0 Å². The molecule has 9 heteroatoms. The van der Waals surface area contributed by atoms with Gasteiger partial charge in [0.25, 0.3) is 0 Å². The van der Waals surface area contributed by atoms with Gasteiger partial charge in [-0.2, -0.15) is 4.31 Å². The Morgan fingerprint density at radius 3 is 2.23 bits per heavy atom. The van der Waals surface area contributed by atoms with Crippen LogP contribution in [0.5, 0.6) is 0 Å². The minimum absolute atomic E-state index is 0.00893. The first-order chi connectivity index (χ1) is 14.7. The number of likely N-dealkylation sites (tertiary alicyclic amines) is 1. The summed E-state index contributed by atoms with van der Waals surface area (Å²) in [4.78, 5) is 28.4. The molecule has 0 radical (unpaired) electrons. The maximum atomic E-state index is 13.3. The molecule has 1 fully saturated rings. The number of piperidine rings is 1. The number of hydrogen-bond acceptors (Lipinski definition) is 4. The number of hydrogen-bond donors (Lipinski definition) is 0. The van der Waals surface area contributed by atoms with Crippen molar-refractivity contribution in [1.29, 1.82) is 0 Å². The van der Waals surface area contributed by atoms with Gasteiger partial charge in [-0.15, -0.1) is 0 Å². The van der Waals surface area contributed by atoms with Crippen LogP contribution in [0.25, 0.3) is 0 Å². The number of halogens is 1. The Bertz CT molecular complexity index is 837. The van der Waals surface area contributed by atoms with Gasteiger partial charge >= 0.3 is 0 Å². The Morgan fingerprint density at radius 2 is 1.71 bits per heavy atom. The van der Waals surface area contributed by atoms with E-state index in [1.807, 2.05) is 6.92 Å². The molecule has 174 valence electrons. The highest BCUT2D eigenvalue weighted by Crippen LogP contribution is 2.21. The second-order valence-corrected chi connectivity index (χ2v) is 10.1. The van der Waals surface area contributed by atoms with Crippen molar-refractivity contribution in [2.24, 2.45) is 0 Å². The monoisotopic (exact) mass is 455 g/mol. The fraction of sp³-hybridized carbons (Fsp3) is 0.636. The Labute approximate surface area is 185 Å². The largest absolute Gasteiger partial charge is 0.343 e. The lowest BCUT2D eigenvalue weighted by Gasteiger charge is -2.39. The lowest BCUT2D eigenvalue weighted by molar-refractivity contribution is -0.137. The van der Waals surface area contributed by atoms with Crippen LogP contribution < -0.4 is 0 Å². The quantitative estimate of drug-likeness (QED) is 0.543. The first kappa shape index (κ1) is 25.3. The van der Waals surface area contributed by atoms with E-state index in [1.165, 1.54) is 23.4 Å². The molecule has 0 spiro atoms. The maximum absolute atomic E-state index is 13.3. The van der Waals surface area contributed by atoms with E-state index in [0.717, 1.165) is 5.56 Å². The third-order valence-corrected chi connectivity index (χ3v) is 7.60. The number of rotatable bonds is 10. The van der Waals surface area contributed by atoms with Crippen molar-refractivity contribution in [1.82, 2.24) is 14.1 Å². The third kappa shape index (κ3) is 7.28. The summed E-state index contributed by atoms with van der Waals surface area (Å²) in [5, 5.41) is 0. The molecule has 2 amide bonds. The summed E-state index contributed by atoms with van der Waals surface area (Å²) < 4.78 is 39.9. The number of sulfonamides is 1. The van der Waals surface area contributed by atoms with Crippen molar-refractivity contribution in [2.45, 2.75) is 59.0 Å².